The SMILES string of the molecule is N#Cc1ccccc1S(=O)(=O)NCC(=O)NCc1ccc2c(c1)OCO2. The Kier molecular flexibility index (Phi) is 5.06. The van der Waals surface area contributed by atoms with Crippen LogP contribution in [-0.4, -0.2) is 27.7 Å². The average Bonchev–Trinajstić information content (AvgIpc) is 3.12. The van der Waals surface area contributed by atoms with Crippen molar-refractivity contribution in [2.45, 2.75) is 11.4 Å². The summed E-state index contributed by atoms with van der Waals surface area (Å²) in [6.45, 7) is -0.0598. The zero-order chi connectivity index (χ0) is 18.6. The Morgan fingerprint density at radius 2 is 1.92 bits per heavy atom. The minimum atomic E-state index is -3.96. The second-order valence-electron chi connectivity index (χ2n) is 5.40. The van der Waals surface area contributed by atoms with Gasteiger partial charge >= 0.3 is 0 Å². The molecule has 9 heteroatoms. The highest BCUT2D eigenvalue weighted by Gasteiger charge is 2.19. The maximum atomic E-state index is 12.2. The van der Waals surface area contributed by atoms with Crippen LogP contribution in [0.3, 0.4) is 0 Å². The maximum Gasteiger partial charge on any atom is 0.242 e. The molecule has 0 saturated heterocycles. The van der Waals surface area contributed by atoms with Gasteiger partial charge in [-0.05, 0) is 29.8 Å². The van der Waals surface area contributed by atoms with Crippen LogP contribution >= 0.6 is 0 Å². The molecule has 0 spiro atoms. The van der Waals surface area contributed by atoms with Crippen molar-refractivity contribution >= 4 is 15.9 Å². The summed E-state index contributed by atoms with van der Waals surface area (Å²) in [5.74, 6) is 0.746. The zero-order valence-corrected chi connectivity index (χ0v) is 14.4. The fourth-order valence-electron chi connectivity index (χ4n) is 2.35. The second kappa shape index (κ2) is 7.43. The third-order valence-electron chi connectivity index (χ3n) is 3.65. The molecule has 0 atom stereocenters. The van der Waals surface area contributed by atoms with Crippen LogP contribution in [0.1, 0.15) is 11.1 Å². The van der Waals surface area contributed by atoms with Crippen LogP contribution in [-0.2, 0) is 21.4 Å². The third kappa shape index (κ3) is 3.93. The van der Waals surface area contributed by atoms with Crippen LogP contribution < -0.4 is 19.5 Å². The van der Waals surface area contributed by atoms with Crippen molar-refractivity contribution in [2.75, 3.05) is 13.3 Å². The first kappa shape index (κ1) is 17.7. The van der Waals surface area contributed by atoms with Crippen LogP contribution in [0.5, 0.6) is 11.5 Å². The van der Waals surface area contributed by atoms with Crippen molar-refractivity contribution in [3.63, 3.8) is 0 Å². The normalized spacial score (nSPS) is 12.4. The molecule has 0 aliphatic carbocycles. The molecule has 1 aliphatic rings. The number of fused-ring (bicyclic) bond motifs is 1. The summed E-state index contributed by atoms with van der Waals surface area (Å²) in [6, 6.07) is 12.9. The molecule has 0 fully saturated rings. The summed E-state index contributed by atoms with van der Waals surface area (Å²) >= 11 is 0. The van der Waals surface area contributed by atoms with Crippen LogP contribution in [0, 0.1) is 11.3 Å². The lowest BCUT2D eigenvalue weighted by molar-refractivity contribution is -0.120. The molecule has 0 radical (unpaired) electrons. The first-order valence-corrected chi connectivity index (χ1v) is 9.12. The van der Waals surface area contributed by atoms with Crippen molar-refractivity contribution < 1.29 is 22.7 Å². The Bertz CT molecular complexity index is 982. The number of ether oxygens (including phenoxy) is 2. The molecule has 0 unspecified atom stereocenters. The molecular weight excluding hydrogens is 358 g/mol. The first-order valence-electron chi connectivity index (χ1n) is 7.63. The van der Waals surface area contributed by atoms with Crippen LogP contribution in [0.2, 0.25) is 0 Å². The van der Waals surface area contributed by atoms with E-state index in [2.05, 4.69) is 10.0 Å². The highest BCUT2D eigenvalue weighted by molar-refractivity contribution is 7.89. The van der Waals surface area contributed by atoms with Crippen LogP contribution in [0.25, 0.3) is 0 Å². The molecule has 2 N–H and O–H groups in total. The third-order valence-corrected chi connectivity index (χ3v) is 5.11. The van der Waals surface area contributed by atoms with E-state index in [1.54, 1.807) is 24.3 Å². The molecule has 1 aliphatic heterocycles. The van der Waals surface area contributed by atoms with E-state index in [-0.39, 0.29) is 23.8 Å². The van der Waals surface area contributed by atoms with E-state index in [4.69, 9.17) is 14.7 Å². The predicted octanol–water partition coefficient (Wildman–Crippen LogP) is 0.882. The van der Waals surface area contributed by atoms with Crippen molar-refractivity contribution in [3.05, 3.63) is 53.6 Å². The quantitative estimate of drug-likeness (QED) is 0.776. The number of nitrogens with one attached hydrogen (secondary N) is 2. The summed E-state index contributed by atoms with van der Waals surface area (Å²) in [5, 5.41) is 11.6. The number of nitrogens with zero attached hydrogens (tertiary/aromatic N) is 1. The van der Waals surface area contributed by atoms with E-state index >= 15 is 0 Å². The van der Waals surface area contributed by atoms with Crippen LogP contribution in [0.15, 0.2) is 47.4 Å². The second-order valence-corrected chi connectivity index (χ2v) is 7.13. The number of carbonyl (C=O) groups is 1. The molecule has 8 nitrogen and oxygen atoms in total. The topological polar surface area (TPSA) is 118 Å². The molecule has 1 heterocycles. The first-order chi connectivity index (χ1) is 12.5. The Balaban J connectivity index is 1.56. The van der Waals surface area contributed by atoms with Gasteiger partial charge in [0.15, 0.2) is 11.5 Å². The summed E-state index contributed by atoms with van der Waals surface area (Å²) in [6.07, 6.45) is 0. The van der Waals surface area contributed by atoms with Gasteiger partial charge in [-0.3, -0.25) is 4.79 Å². The minimum absolute atomic E-state index is 0.0146. The lowest BCUT2D eigenvalue weighted by atomic mass is 10.2. The van der Waals surface area contributed by atoms with Crippen molar-refractivity contribution in [2.24, 2.45) is 0 Å². The maximum absolute atomic E-state index is 12.2. The largest absolute Gasteiger partial charge is 0.454 e. The number of hydrogen-bond donors (Lipinski definition) is 2. The molecule has 2 aromatic rings. The Morgan fingerprint density at radius 3 is 2.73 bits per heavy atom. The number of sulfonamides is 1. The van der Waals surface area contributed by atoms with E-state index in [1.807, 2.05) is 6.07 Å². The number of amides is 1. The van der Waals surface area contributed by atoms with Gasteiger partial charge in [0.2, 0.25) is 22.7 Å². The van der Waals surface area contributed by atoms with E-state index in [9.17, 15) is 13.2 Å². The predicted molar refractivity (Wildman–Crippen MR) is 90.8 cm³/mol. The van der Waals surface area contributed by atoms with Gasteiger partial charge in [-0.2, -0.15) is 5.26 Å². The minimum Gasteiger partial charge on any atom is -0.454 e. The van der Waals surface area contributed by atoms with Crippen LogP contribution in [0.4, 0.5) is 0 Å². The molecule has 2 aromatic carbocycles. The molecule has 3 rings (SSSR count). The van der Waals surface area contributed by atoms with Crippen molar-refractivity contribution in [1.29, 1.82) is 5.26 Å². The molecular formula is C17H15N3O5S. The van der Waals surface area contributed by atoms with Gasteiger partial charge in [0.25, 0.3) is 0 Å². The summed E-state index contributed by atoms with van der Waals surface area (Å²) in [5.41, 5.74) is 0.807. The Morgan fingerprint density at radius 1 is 1.15 bits per heavy atom. The van der Waals surface area contributed by atoms with Crippen molar-refractivity contribution in [3.8, 4) is 17.6 Å². The van der Waals surface area contributed by atoms with E-state index in [0.29, 0.717) is 11.5 Å². The van der Waals surface area contributed by atoms with E-state index < -0.39 is 22.5 Å². The van der Waals surface area contributed by atoms with E-state index in [1.165, 1.54) is 18.2 Å². The molecule has 134 valence electrons. The standard InChI is InChI=1S/C17H15N3O5S/c18-8-13-3-1-2-4-16(13)26(22,23)20-10-17(21)19-9-12-5-6-14-15(7-12)25-11-24-14/h1-7,20H,9-11H2,(H,19,21). The summed E-state index contributed by atoms with van der Waals surface area (Å²) in [4.78, 5) is 11.8. The number of benzene rings is 2. The summed E-state index contributed by atoms with van der Waals surface area (Å²) in [7, 11) is -3.96. The number of rotatable bonds is 6. The molecule has 1 amide bonds. The van der Waals surface area contributed by atoms with Gasteiger partial charge in [-0.15, -0.1) is 0 Å². The number of nitriles is 1. The summed E-state index contributed by atoms with van der Waals surface area (Å²) < 4.78 is 37.1. The highest BCUT2D eigenvalue weighted by Crippen LogP contribution is 2.32. The van der Waals surface area contributed by atoms with E-state index in [0.717, 1.165) is 5.56 Å². The zero-order valence-electron chi connectivity index (χ0n) is 13.6. The molecule has 0 saturated carbocycles. The Labute approximate surface area is 150 Å². The molecule has 0 aromatic heterocycles. The van der Waals surface area contributed by atoms with Gasteiger partial charge in [-0.25, -0.2) is 13.1 Å². The fraction of sp³-hybridized carbons (Fsp3) is 0.176. The number of carbonyl (C=O) groups excluding carboxylic acids is 1. The molecule has 0 bridgehead atoms. The fourth-order valence-corrected chi connectivity index (χ4v) is 3.48. The number of hydrogen-bond acceptors (Lipinski definition) is 6. The van der Waals surface area contributed by atoms with Gasteiger partial charge in [0, 0.05) is 6.54 Å². The van der Waals surface area contributed by atoms with Crippen molar-refractivity contribution in [1.82, 2.24) is 10.0 Å². The van der Waals surface area contributed by atoms with Gasteiger partial charge in [0.1, 0.15) is 6.07 Å². The highest BCUT2D eigenvalue weighted by atomic mass is 32.2. The van der Waals surface area contributed by atoms with Gasteiger partial charge in [0.05, 0.1) is 17.0 Å². The van der Waals surface area contributed by atoms with Gasteiger partial charge in [-0.1, -0.05) is 18.2 Å². The lowest BCUT2D eigenvalue weighted by Gasteiger charge is -2.09. The average molecular weight is 373 g/mol. The lowest BCUT2D eigenvalue weighted by Crippen LogP contribution is -2.36. The van der Waals surface area contributed by atoms with Gasteiger partial charge < -0.3 is 14.8 Å². The Hall–Kier alpha value is -3.09. The smallest absolute Gasteiger partial charge is 0.242 e. The molecule has 26 heavy (non-hydrogen) atoms. The monoisotopic (exact) mass is 373 g/mol.